The third-order valence-corrected chi connectivity index (χ3v) is 4.83. The van der Waals surface area contributed by atoms with Gasteiger partial charge in [-0.15, -0.1) is 0 Å². The van der Waals surface area contributed by atoms with Gasteiger partial charge in [0.05, 0.1) is 24.0 Å². The van der Waals surface area contributed by atoms with Gasteiger partial charge in [-0.3, -0.25) is 4.79 Å². The molecule has 1 amide bonds. The van der Waals surface area contributed by atoms with Crippen molar-refractivity contribution in [3.05, 3.63) is 48.6 Å². The molecule has 0 aliphatic carbocycles. The van der Waals surface area contributed by atoms with Gasteiger partial charge >= 0.3 is 0 Å². The summed E-state index contributed by atoms with van der Waals surface area (Å²) in [5.41, 5.74) is 0.432. The average Bonchev–Trinajstić information content (AvgIpc) is 3.27. The van der Waals surface area contributed by atoms with Gasteiger partial charge in [-0.1, -0.05) is 6.07 Å². The van der Waals surface area contributed by atoms with E-state index >= 15 is 0 Å². The Morgan fingerprint density at radius 3 is 2.88 bits per heavy atom. The van der Waals surface area contributed by atoms with E-state index in [1.54, 1.807) is 12.3 Å². The fourth-order valence-electron chi connectivity index (χ4n) is 3.50. The van der Waals surface area contributed by atoms with Crippen molar-refractivity contribution < 1.29 is 18.7 Å². The minimum absolute atomic E-state index is 0.0241. The third kappa shape index (κ3) is 3.01. The summed E-state index contributed by atoms with van der Waals surface area (Å²) in [5.74, 6) is 0.661. The van der Waals surface area contributed by atoms with Crippen molar-refractivity contribution in [3.63, 3.8) is 0 Å². The lowest BCUT2D eigenvalue weighted by atomic mass is 9.88. The summed E-state index contributed by atoms with van der Waals surface area (Å²) in [6.45, 7) is 1.97. The fraction of sp³-hybridized carbons (Fsp3) is 0.444. The minimum atomic E-state index is -0.174. The molecule has 2 aromatic rings. The van der Waals surface area contributed by atoms with Gasteiger partial charge in [-0.25, -0.2) is 4.98 Å². The first kappa shape index (κ1) is 15.2. The summed E-state index contributed by atoms with van der Waals surface area (Å²) in [4.78, 5) is 18.4. The standard InChI is InChI=1S/C18H20N2O4/c21-17(14-4-10-22-12-14)20-8-5-18(6-9-20)11-15(13-23-18)24-16-3-1-2-7-19-16/h1-4,7,10,12,15H,5-6,8-9,11,13H2. The molecule has 126 valence electrons. The van der Waals surface area contributed by atoms with Crippen molar-refractivity contribution in [2.75, 3.05) is 19.7 Å². The van der Waals surface area contributed by atoms with E-state index in [0.717, 1.165) is 19.3 Å². The van der Waals surface area contributed by atoms with Crippen LogP contribution in [-0.2, 0) is 4.74 Å². The number of piperidine rings is 1. The maximum absolute atomic E-state index is 12.4. The number of hydrogen-bond donors (Lipinski definition) is 0. The van der Waals surface area contributed by atoms with E-state index < -0.39 is 0 Å². The van der Waals surface area contributed by atoms with Crippen molar-refractivity contribution in [1.29, 1.82) is 0 Å². The quantitative estimate of drug-likeness (QED) is 0.866. The van der Waals surface area contributed by atoms with Gasteiger partial charge in [0.15, 0.2) is 0 Å². The van der Waals surface area contributed by atoms with Crippen LogP contribution < -0.4 is 4.74 Å². The molecule has 4 heterocycles. The monoisotopic (exact) mass is 328 g/mol. The van der Waals surface area contributed by atoms with Crippen molar-refractivity contribution >= 4 is 5.91 Å². The Hall–Kier alpha value is -2.34. The van der Waals surface area contributed by atoms with E-state index in [2.05, 4.69) is 4.98 Å². The zero-order valence-corrected chi connectivity index (χ0v) is 13.4. The van der Waals surface area contributed by atoms with Crippen LogP contribution in [0.25, 0.3) is 0 Å². The fourth-order valence-corrected chi connectivity index (χ4v) is 3.50. The Morgan fingerprint density at radius 1 is 1.29 bits per heavy atom. The molecule has 0 radical (unpaired) electrons. The molecule has 1 spiro atoms. The van der Waals surface area contributed by atoms with E-state index in [1.165, 1.54) is 12.5 Å². The van der Waals surface area contributed by atoms with E-state index in [4.69, 9.17) is 13.9 Å². The highest BCUT2D eigenvalue weighted by Crippen LogP contribution is 2.37. The van der Waals surface area contributed by atoms with Crippen LogP contribution in [0.4, 0.5) is 0 Å². The molecular formula is C18H20N2O4. The first-order valence-electron chi connectivity index (χ1n) is 8.27. The molecule has 24 heavy (non-hydrogen) atoms. The van der Waals surface area contributed by atoms with Gasteiger partial charge in [0.25, 0.3) is 5.91 Å². The molecule has 2 aliphatic heterocycles. The molecule has 2 fully saturated rings. The molecule has 6 nitrogen and oxygen atoms in total. The Balaban J connectivity index is 1.33. The summed E-state index contributed by atoms with van der Waals surface area (Å²) in [7, 11) is 0. The summed E-state index contributed by atoms with van der Waals surface area (Å²) < 4.78 is 17.0. The predicted octanol–water partition coefficient (Wildman–Crippen LogP) is 2.52. The Morgan fingerprint density at radius 2 is 2.17 bits per heavy atom. The van der Waals surface area contributed by atoms with Crippen molar-refractivity contribution in [1.82, 2.24) is 9.88 Å². The molecule has 2 aromatic heterocycles. The van der Waals surface area contributed by atoms with Crippen LogP contribution in [0.3, 0.4) is 0 Å². The number of carbonyl (C=O) groups excluding carboxylic acids is 1. The largest absolute Gasteiger partial charge is 0.472 e. The van der Waals surface area contributed by atoms with Crippen molar-refractivity contribution in [2.24, 2.45) is 0 Å². The van der Waals surface area contributed by atoms with Gasteiger partial charge < -0.3 is 18.8 Å². The Kier molecular flexibility index (Phi) is 3.98. The lowest BCUT2D eigenvalue weighted by Crippen LogP contribution is -2.46. The molecule has 1 unspecified atom stereocenters. The van der Waals surface area contributed by atoms with Crippen LogP contribution in [0.5, 0.6) is 5.88 Å². The van der Waals surface area contributed by atoms with Crippen molar-refractivity contribution in [2.45, 2.75) is 31.0 Å². The van der Waals surface area contributed by atoms with Crippen LogP contribution in [0.2, 0.25) is 0 Å². The van der Waals surface area contributed by atoms with Crippen molar-refractivity contribution in [3.8, 4) is 5.88 Å². The number of hydrogen-bond acceptors (Lipinski definition) is 5. The summed E-state index contributed by atoms with van der Waals surface area (Å²) in [6.07, 6.45) is 7.28. The van der Waals surface area contributed by atoms with E-state index in [9.17, 15) is 4.79 Å². The Labute approximate surface area is 140 Å². The number of rotatable bonds is 3. The highest BCUT2D eigenvalue weighted by molar-refractivity contribution is 5.93. The number of pyridine rings is 1. The number of furan rings is 1. The molecule has 0 N–H and O–H groups in total. The number of nitrogens with zero attached hydrogens (tertiary/aromatic N) is 2. The summed E-state index contributed by atoms with van der Waals surface area (Å²) >= 11 is 0. The number of ether oxygens (including phenoxy) is 2. The predicted molar refractivity (Wildman–Crippen MR) is 85.8 cm³/mol. The summed E-state index contributed by atoms with van der Waals surface area (Å²) in [6, 6.07) is 7.34. The second-order valence-electron chi connectivity index (χ2n) is 6.41. The molecule has 0 aromatic carbocycles. The van der Waals surface area contributed by atoms with Crippen LogP contribution in [0, 0.1) is 0 Å². The van der Waals surface area contributed by atoms with Gasteiger partial charge in [-0.05, 0) is 25.0 Å². The second-order valence-corrected chi connectivity index (χ2v) is 6.41. The third-order valence-electron chi connectivity index (χ3n) is 4.83. The maximum atomic E-state index is 12.4. The molecule has 1 atom stereocenters. The van der Waals surface area contributed by atoms with Crippen LogP contribution in [-0.4, -0.2) is 47.2 Å². The first-order chi connectivity index (χ1) is 11.7. The zero-order valence-electron chi connectivity index (χ0n) is 13.4. The Bertz CT molecular complexity index is 678. The highest BCUT2D eigenvalue weighted by atomic mass is 16.6. The number of likely N-dealkylation sites (tertiary alicyclic amines) is 1. The van der Waals surface area contributed by atoms with Gasteiger partial charge in [-0.2, -0.15) is 0 Å². The molecular weight excluding hydrogens is 308 g/mol. The number of amides is 1. The molecule has 2 saturated heterocycles. The summed E-state index contributed by atoms with van der Waals surface area (Å²) in [5, 5.41) is 0. The number of carbonyl (C=O) groups is 1. The van der Waals surface area contributed by atoms with Crippen LogP contribution in [0.15, 0.2) is 47.4 Å². The second kappa shape index (κ2) is 6.28. The lowest BCUT2D eigenvalue weighted by molar-refractivity contribution is -0.0396. The normalized spacial score (nSPS) is 22.7. The molecule has 4 rings (SSSR count). The van der Waals surface area contributed by atoms with Crippen LogP contribution >= 0.6 is 0 Å². The smallest absolute Gasteiger partial charge is 0.257 e. The number of aromatic nitrogens is 1. The minimum Gasteiger partial charge on any atom is -0.472 e. The van der Waals surface area contributed by atoms with Gasteiger partial charge in [0.2, 0.25) is 5.88 Å². The van der Waals surface area contributed by atoms with Crippen LogP contribution in [0.1, 0.15) is 29.6 Å². The van der Waals surface area contributed by atoms with E-state index in [0.29, 0.717) is 31.1 Å². The average molecular weight is 328 g/mol. The zero-order chi connectivity index (χ0) is 16.4. The van der Waals surface area contributed by atoms with Gasteiger partial charge in [0.1, 0.15) is 12.4 Å². The van der Waals surface area contributed by atoms with E-state index in [-0.39, 0.29) is 17.6 Å². The van der Waals surface area contributed by atoms with E-state index in [1.807, 2.05) is 23.1 Å². The maximum Gasteiger partial charge on any atom is 0.257 e. The first-order valence-corrected chi connectivity index (χ1v) is 8.27. The van der Waals surface area contributed by atoms with Gasteiger partial charge in [0, 0.05) is 31.8 Å². The highest BCUT2D eigenvalue weighted by Gasteiger charge is 2.44. The molecule has 0 bridgehead atoms. The SMILES string of the molecule is O=C(c1ccoc1)N1CCC2(CC1)CC(Oc1ccccn1)CO2. The molecule has 2 aliphatic rings. The molecule has 0 saturated carbocycles. The lowest BCUT2D eigenvalue weighted by Gasteiger charge is -2.38. The topological polar surface area (TPSA) is 64.8 Å². The molecule has 6 heteroatoms.